The molecule has 0 bridgehead atoms. The molecule has 1 aromatic heterocycles. The van der Waals surface area contributed by atoms with Crippen molar-refractivity contribution in [2.75, 3.05) is 6.54 Å². The van der Waals surface area contributed by atoms with E-state index in [1.54, 1.807) is 6.92 Å². The highest BCUT2D eigenvalue weighted by Crippen LogP contribution is 2.37. The molecule has 0 aromatic carbocycles. The lowest BCUT2D eigenvalue weighted by atomic mass is 10.1. The number of carbonyl (C=O) groups excluding carboxylic acids is 1. The summed E-state index contributed by atoms with van der Waals surface area (Å²) in [6.07, 6.45) is 3.36. The molecule has 1 unspecified atom stereocenters. The van der Waals surface area contributed by atoms with E-state index in [0.29, 0.717) is 25.3 Å². The smallest absolute Gasteiger partial charge is 0.306 e. The summed E-state index contributed by atoms with van der Waals surface area (Å²) < 4.78 is 0. The molecule has 1 atom stereocenters. The van der Waals surface area contributed by atoms with Gasteiger partial charge in [-0.05, 0) is 25.7 Å². The number of carboxylic acid groups (broad SMARTS) is 1. The Morgan fingerprint density at radius 2 is 2.26 bits per heavy atom. The van der Waals surface area contributed by atoms with E-state index < -0.39 is 5.97 Å². The maximum absolute atomic E-state index is 11.7. The molecule has 7 nitrogen and oxygen atoms in total. The molecule has 7 heteroatoms. The van der Waals surface area contributed by atoms with Crippen LogP contribution < -0.4 is 5.32 Å². The average Bonchev–Trinajstić information content (AvgIpc) is 3.11. The van der Waals surface area contributed by atoms with Gasteiger partial charge in [0.15, 0.2) is 0 Å². The molecule has 0 spiro atoms. The van der Waals surface area contributed by atoms with Crippen LogP contribution in [-0.4, -0.2) is 38.7 Å². The van der Waals surface area contributed by atoms with E-state index in [-0.39, 0.29) is 17.6 Å². The van der Waals surface area contributed by atoms with Crippen LogP contribution in [0.3, 0.4) is 0 Å². The van der Waals surface area contributed by atoms with Gasteiger partial charge in [-0.15, -0.1) is 5.10 Å². The van der Waals surface area contributed by atoms with E-state index in [1.807, 2.05) is 0 Å². The molecular weight excluding hydrogens is 248 g/mol. The Hall–Kier alpha value is -1.92. The third-order valence-corrected chi connectivity index (χ3v) is 3.19. The van der Waals surface area contributed by atoms with Crippen molar-refractivity contribution < 1.29 is 14.7 Å². The van der Waals surface area contributed by atoms with Crippen molar-refractivity contribution in [1.82, 2.24) is 20.5 Å². The van der Waals surface area contributed by atoms with Gasteiger partial charge in [-0.25, -0.2) is 4.98 Å². The monoisotopic (exact) mass is 266 g/mol. The highest BCUT2D eigenvalue weighted by molar-refractivity contribution is 5.90. The summed E-state index contributed by atoms with van der Waals surface area (Å²) in [7, 11) is 0. The van der Waals surface area contributed by atoms with Gasteiger partial charge in [-0.3, -0.25) is 14.7 Å². The molecule has 1 heterocycles. The standard InChI is InChI=1S/C12H18N4O3/c1-7(12(18)19)3-2-6-13-11(17)10-14-9(15-16-10)8-4-5-8/h7-8H,2-6H2,1H3,(H,13,17)(H,18,19)(H,14,15,16). The third kappa shape index (κ3) is 3.77. The molecule has 0 radical (unpaired) electrons. The maximum atomic E-state index is 11.7. The van der Waals surface area contributed by atoms with Crippen LogP contribution in [0.4, 0.5) is 0 Å². The van der Waals surface area contributed by atoms with E-state index in [9.17, 15) is 9.59 Å². The van der Waals surface area contributed by atoms with E-state index in [4.69, 9.17) is 5.11 Å². The Kier molecular flexibility index (Phi) is 4.13. The van der Waals surface area contributed by atoms with Gasteiger partial charge in [0.1, 0.15) is 5.82 Å². The van der Waals surface area contributed by atoms with Crippen molar-refractivity contribution in [1.29, 1.82) is 0 Å². The van der Waals surface area contributed by atoms with Gasteiger partial charge in [0, 0.05) is 12.5 Å². The minimum Gasteiger partial charge on any atom is -0.481 e. The van der Waals surface area contributed by atoms with E-state index >= 15 is 0 Å². The van der Waals surface area contributed by atoms with E-state index in [1.165, 1.54) is 0 Å². The first kappa shape index (κ1) is 13.5. The minimum absolute atomic E-state index is 0.160. The van der Waals surface area contributed by atoms with Crippen LogP contribution in [0.2, 0.25) is 0 Å². The van der Waals surface area contributed by atoms with Crippen molar-refractivity contribution >= 4 is 11.9 Å². The Morgan fingerprint density at radius 1 is 1.53 bits per heavy atom. The fourth-order valence-corrected chi connectivity index (χ4v) is 1.73. The van der Waals surface area contributed by atoms with Crippen LogP contribution in [0.5, 0.6) is 0 Å². The van der Waals surface area contributed by atoms with Crippen LogP contribution in [0, 0.1) is 5.92 Å². The first-order valence-corrected chi connectivity index (χ1v) is 6.51. The summed E-state index contributed by atoms with van der Waals surface area (Å²) in [6, 6.07) is 0. The number of amides is 1. The summed E-state index contributed by atoms with van der Waals surface area (Å²) in [4.78, 5) is 26.5. The molecule has 1 fully saturated rings. The van der Waals surface area contributed by atoms with Crippen molar-refractivity contribution in [3.63, 3.8) is 0 Å². The SMILES string of the molecule is CC(CCCNC(=O)c1n[nH]c(C2CC2)n1)C(=O)O. The fraction of sp³-hybridized carbons (Fsp3) is 0.667. The Balaban J connectivity index is 1.70. The number of carboxylic acids is 1. The van der Waals surface area contributed by atoms with Gasteiger partial charge in [0.2, 0.25) is 5.82 Å². The Bertz CT molecular complexity index is 467. The molecule has 3 N–H and O–H groups in total. The summed E-state index contributed by atoms with van der Waals surface area (Å²) in [5, 5.41) is 18.1. The summed E-state index contributed by atoms with van der Waals surface area (Å²) in [5.41, 5.74) is 0. The molecular formula is C12H18N4O3. The lowest BCUT2D eigenvalue weighted by molar-refractivity contribution is -0.141. The van der Waals surface area contributed by atoms with Crippen LogP contribution in [0.1, 0.15) is 55.0 Å². The number of aromatic amines is 1. The summed E-state index contributed by atoms with van der Waals surface area (Å²) in [6.45, 7) is 2.09. The molecule has 1 aliphatic carbocycles. The second-order valence-electron chi connectivity index (χ2n) is 4.96. The lowest BCUT2D eigenvalue weighted by Crippen LogP contribution is -2.26. The maximum Gasteiger partial charge on any atom is 0.306 e. The fourth-order valence-electron chi connectivity index (χ4n) is 1.73. The van der Waals surface area contributed by atoms with E-state index in [2.05, 4.69) is 20.5 Å². The minimum atomic E-state index is -0.811. The Labute approximate surface area is 110 Å². The molecule has 1 amide bonds. The molecule has 0 saturated heterocycles. The third-order valence-electron chi connectivity index (χ3n) is 3.19. The molecule has 104 valence electrons. The molecule has 1 aliphatic rings. The lowest BCUT2D eigenvalue weighted by Gasteiger charge is -2.05. The van der Waals surface area contributed by atoms with Crippen molar-refractivity contribution in [2.45, 2.75) is 38.5 Å². The first-order chi connectivity index (χ1) is 9.08. The highest BCUT2D eigenvalue weighted by atomic mass is 16.4. The number of hydrogen-bond acceptors (Lipinski definition) is 4. The number of rotatable bonds is 7. The second-order valence-corrected chi connectivity index (χ2v) is 4.96. The van der Waals surface area contributed by atoms with Crippen LogP contribution in [-0.2, 0) is 4.79 Å². The molecule has 0 aliphatic heterocycles. The van der Waals surface area contributed by atoms with Crippen molar-refractivity contribution in [3.8, 4) is 0 Å². The number of aromatic nitrogens is 3. The first-order valence-electron chi connectivity index (χ1n) is 6.51. The van der Waals surface area contributed by atoms with Gasteiger partial charge in [0.05, 0.1) is 5.92 Å². The van der Waals surface area contributed by atoms with Crippen LogP contribution in [0.15, 0.2) is 0 Å². The Morgan fingerprint density at radius 3 is 2.89 bits per heavy atom. The van der Waals surface area contributed by atoms with Crippen molar-refractivity contribution in [2.24, 2.45) is 5.92 Å². The zero-order valence-electron chi connectivity index (χ0n) is 10.8. The van der Waals surface area contributed by atoms with Crippen LogP contribution in [0.25, 0.3) is 0 Å². The second kappa shape index (κ2) is 5.81. The molecule has 19 heavy (non-hydrogen) atoms. The summed E-state index contributed by atoms with van der Waals surface area (Å²) >= 11 is 0. The molecule has 2 rings (SSSR count). The van der Waals surface area contributed by atoms with Gasteiger partial charge in [0.25, 0.3) is 5.91 Å². The van der Waals surface area contributed by atoms with Gasteiger partial charge in [-0.2, -0.15) is 0 Å². The number of aliphatic carboxylic acids is 1. The predicted octanol–water partition coefficient (Wildman–Crippen LogP) is 0.913. The van der Waals surface area contributed by atoms with Crippen molar-refractivity contribution in [3.05, 3.63) is 11.6 Å². The quantitative estimate of drug-likeness (QED) is 0.636. The van der Waals surface area contributed by atoms with Gasteiger partial charge < -0.3 is 10.4 Å². The van der Waals surface area contributed by atoms with Gasteiger partial charge in [-0.1, -0.05) is 6.92 Å². The normalized spacial score (nSPS) is 16.1. The topological polar surface area (TPSA) is 108 Å². The zero-order valence-corrected chi connectivity index (χ0v) is 10.8. The number of H-pyrrole nitrogens is 1. The number of carbonyl (C=O) groups is 2. The zero-order chi connectivity index (χ0) is 13.8. The molecule has 1 saturated carbocycles. The molecule has 1 aromatic rings. The van der Waals surface area contributed by atoms with E-state index in [0.717, 1.165) is 18.7 Å². The van der Waals surface area contributed by atoms with Gasteiger partial charge >= 0.3 is 5.97 Å². The number of hydrogen-bond donors (Lipinski definition) is 3. The summed E-state index contributed by atoms with van der Waals surface area (Å²) in [5.74, 6) is -0.134. The number of nitrogens with zero attached hydrogens (tertiary/aromatic N) is 2. The number of nitrogens with one attached hydrogen (secondary N) is 2. The largest absolute Gasteiger partial charge is 0.481 e. The average molecular weight is 266 g/mol. The van der Waals surface area contributed by atoms with Crippen LogP contribution >= 0.6 is 0 Å². The predicted molar refractivity (Wildman–Crippen MR) is 66.7 cm³/mol. The highest BCUT2D eigenvalue weighted by Gasteiger charge is 2.28.